The van der Waals surface area contributed by atoms with E-state index in [1.54, 1.807) is 0 Å². The van der Waals surface area contributed by atoms with Gasteiger partial charge in [0.15, 0.2) is 0 Å². The average Bonchev–Trinajstić information content (AvgIpc) is 2.67. The second-order valence-corrected chi connectivity index (χ2v) is 6.80. The van der Waals surface area contributed by atoms with Gasteiger partial charge in [0, 0.05) is 18.6 Å². The molecule has 1 unspecified atom stereocenters. The molecule has 0 saturated heterocycles. The third-order valence-electron chi connectivity index (χ3n) is 5.07. The van der Waals surface area contributed by atoms with Gasteiger partial charge in [-0.25, -0.2) is 0 Å². The first-order chi connectivity index (χ1) is 8.26. The lowest BCUT2D eigenvalue weighted by Gasteiger charge is -2.14. The van der Waals surface area contributed by atoms with Crippen LogP contribution in [0.3, 0.4) is 0 Å². The summed E-state index contributed by atoms with van der Waals surface area (Å²) in [6, 6.07) is 9.16. The number of nitrogens with two attached hydrogens (primary N) is 1. The summed E-state index contributed by atoms with van der Waals surface area (Å²) >= 11 is 0. The Morgan fingerprint density at radius 2 is 1.61 bits per heavy atom. The van der Waals surface area contributed by atoms with E-state index in [1.165, 1.54) is 11.1 Å². The third kappa shape index (κ3) is 2.19. The van der Waals surface area contributed by atoms with Gasteiger partial charge in [0.25, 0.3) is 0 Å². The van der Waals surface area contributed by atoms with Crippen molar-refractivity contribution in [3.8, 4) is 0 Å². The van der Waals surface area contributed by atoms with Gasteiger partial charge in [0.05, 0.1) is 0 Å². The summed E-state index contributed by atoms with van der Waals surface area (Å²) < 4.78 is 0. The molecule has 0 aliphatic heterocycles. The maximum atomic E-state index is 6.24. The van der Waals surface area contributed by atoms with Crippen molar-refractivity contribution in [2.75, 3.05) is 6.54 Å². The summed E-state index contributed by atoms with van der Waals surface area (Å²) in [5.41, 5.74) is 9.48. The summed E-state index contributed by atoms with van der Waals surface area (Å²) in [5, 5.41) is 3.63. The molecule has 2 heteroatoms. The van der Waals surface area contributed by atoms with E-state index in [9.17, 15) is 0 Å². The number of hydrogen-bond acceptors (Lipinski definition) is 2. The summed E-state index contributed by atoms with van der Waals surface area (Å²) in [6.07, 6.45) is 0. The van der Waals surface area contributed by atoms with Crippen molar-refractivity contribution >= 4 is 0 Å². The zero-order valence-electron chi connectivity index (χ0n) is 12.2. The Balaban J connectivity index is 1.90. The van der Waals surface area contributed by atoms with Crippen molar-refractivity contribution in [2.45, 2.75) is 46.7 Å². The lowest BCUT2D eigenvalue weighted by Crippen LogP contribution is -2.31. The van der Waals surface area contributed by atoms with Crippen LogP contribution >= 0.6 is 0 Å². The van der Waals surface area contributed by atoms with Crippen LogP contribution in [-0.2, 0) is 0 Å². The molecule has 2 nitrogen and oxygen atoms in total. The highest BCUT2D eigenvalue weighted by Crippen LogP contribution is 2.62. The van der Waals surface area contributed by atoms with Gasteiger partial charge in [-0.3, -0.25) is 0 Å². The first kappa shape index (κ1) is 13.6. The van der Waals surface area contributed by atoms with E-state index in [-0.39, 0.29) is 6.04 Å². The lowest BCUT2D eigenvalue weighted by molar-refractivity contribution is 0.457. The molecule has 1 aliphatic rings. The molecule has 1 aromatic rings. The Labute approximate surface area is 111 Å². The van der Waals surface area contributed by atoms with Gasteiger partial charge in [-0.05, 0) is 23.3 Å². The Hall–Kier alpha value is -0.860. The number of nitrogens with one attached hydrogen (secondary N) is 1. The quantitative estimate of drug-likeness (QED) is 0.857. The fourth-order valence-corrected chi connectivity index (χ4v) is 2.88. The molecule has 1 aliphatic carbocycles. The van der Waals surface area contributed by atoms with Crippen molar-refractivity contribution in [2.24, 2.45) is 16.6 Å². The fraction of sp³-hybridized carbons (Fsp3) is 0.625. The first-order valence-corrected chi connectivity index (χ1v) is 6.82. The van der Waals surface area contributed by atoms with Crippen LogP contribution in [-0.4, -0.2) is 12.6 Å². The average molecular weight is 246 g/mol. The molecule has 100 valence electrons. The van der Waals surface area contributed by atoms with Gasteiger partial charge in [-0.2, -0.15) is 0 Å². The molecular weight excluding hydrogens is 220 g/mol. The largest absolute Gasteiger partial charge is 0.323 e. The van der Waals surface area contributed by atoms with E-state index < -0.39 is 0 Å². The molecule has 2 rings (SSSR count). The minimum atomic E-state index is 0.0813. The minimum Gasteiger partial charge on any atom is -0.323 e. The zero-order valence-corrected chi connectivity index (χ0v) is 12.2. The Bertz CT molecular complexity index is 403. The molecule has 0 heterocycles. The molecule has 3 N–H and O–H groups in total. The molecule has 1 atom stereocenters. The van der Waals surface area contributed by atoms with Crippen LogP contribution < -0.4 is 11.1 Å². The van der Waals surface area contributed by atoms with Crippen molar-refractivity contribution in [3.05, 3.63) is 35.4 Å². The molecule has 1 fully saturated rings. The summed E-state index contributed by atoms with van der Waals surface area (Å²) in [6.45, 7) is 12.2. The third-order valence-corrected chi connectivity index (χ3v) is 5.07. The van der Waals surface area contributed by atoms with Crippen LogP contribution in [0.25, 0.3) is 0 Å². The molecule has 0 aromatic heterocycles. The summed E-state index contributed by atoms with van der Waals surface area (Å²) in [7, 11) is 0. The number of hydrogen-bond donors (Lipinski definition) is 2. The molecule has 1 aromatic carbocycles. The van der Waals surface area contributed by atoms with Crippen LogP contribution in [0.5, 0.6) is 0 Å². The lowest BCUT2D eigenvalue weighted by atomic mass is 10.0. The van der Waals surface area contributed by atoms with Crippen molar-refractivity contribution < 1.29 is 0 Å². The van der Waals surface area contributed by atoms with E-state index in [1.807, 2.05) is 0 Å². The van der Waals surface area contributed by atoms with Crippen LogP contribution in [0.15, 0.2) is 24.3 Å². The van der Waals surface area contributed by atoms with Gasteiger partial charge in [-0.15, -0.1) is 0 Å². The van der Waals surface area contributed by atoms with Crippen molar-refractivity contribution in [1.82, 2.24) is 5.32 Å². The Morgan fingerprint density at radius 3 is 2.06 bits per heavy atom. The van der Waals surface area contributed by atoms with Crippen molar-refractivity contribution in [1.29, 1.82) is 0 Å². The summed E-state index contributed by atoms with van der Waals surface area (Å²) in [4.78, 5) is 0. The van der Waals surface area contributed by atoms with Crippen LogP contribution in [0, 0.1) is 17.8 Å². The highest BCUT2D eigenvalue weighted by atomic mass is 15.1. The predicted molar refractivity (Wildman–Crippen MR) is 77.5 cm³/mol. The monoisotopic (exact) mass is 246 g/mol. The van der Waals surface area contributed by atoms with Crippen LogP contribution in [0.1, 0.15) is 44.9 Å². The second-order valence-electron chi connectivity index (χ2n) is 6.80. The number of rotatable bonds is 4. The van der Waals surface area contributed by atoms with E-state index in [0.29, 0.717) is 16.9 Å². The maximum absolute atomic E-state index is 6.24. The van der Waals surface area contributed by atoms with Gasteiger partial charge in [-0.1, -0.05) is 57.5 Å². The van der Waals surface area contributed by atoms with Crippen LogP contribution in [0.2, 0.25) is 0 Å². The summed E-state index contributed by atoms with van der Waals surface area (Å²) in [5.74, 6) is 0. The van der Waals surface area contributed by atoms with E-state index >= 15 is 0 Å². The molecule has 0 radical (unpaired) electrons. The Morgan fingerprint density at radius 1 is 1.11 bits per heavy atom. The van der Waals surface area contributed by atoms with Crippen molar-refractivity contribution in [3.63, 3.8) is 0 Å². The molecule has 18 heavy (non-hydrogen) atoms. The topological polar surface area (TPSA) is 38.0 Å². The highest BCUT2D eigenvalue weighted by molar-refractivity contribution is 5.24. The van der Waals surface area contributed by atoms with E-state index in [4.69, 9.17) is 5.73 Å². The van der Waals surface area contributed by atoms with Crippen LogP contribution in [0.4, 0.5) is 0 Å². The van der Waals surface area contributed by atoms with Gasteiger partial charge in [0.1, 0.15) is 0 Å². The minimum absolute atomic E-state index is 0.0813. The molecule has 0 bridgehead atoms. The fourth-order valence-electron chi connectivity index (χ4n) is 2.88. The normalized spacial score (nSPS) is 22.8. The second kappa shape index (κ2) is 4.36. The molecular formula is C16H26N2. The zero-order chi connectivity index (χ0) is 13.6. The SMILES string of the molecule is Cc1ccc(C(N)CNC2C(C)(C)C2(C)C)cc1. The smallest absolute Gasteiger partial charge is 0.0421 e. The van der Waals surface area contributed by atoms with E-state index in [2.05, 4.69) is 64.2 Å². The first-order valence-electron chi connectivity index (χ1n) is 6.82. The number of aryl methyl sites for hydroxylation is 1. The van der Waals surface area contributed by atoms with Gasteiger partial charge >= 0.3 is 0 Å². The van der Waals surface area contributed by atoms with Gasteiger partial charge in [0.2, 0.25) is 0 Å². The molecule has 0 spiro atoms. The van der Waals surface area contributed by atoms with Gasteiger partial charge < -0.3 is 11.1 Å². The van der Waals surface area contributed by atoms with E-state index in [0.717, 1.165) is 6.54 Å². The maximum Gasteiger partial charge on any atom is 0.0421 e. The Kier molecular flexibility index (Phi) is 3.28. The highest BCUT2D eigenvalue weighted by Gasteiger charge is 2.64. The molecule has 1 saturated carbocycles. The predicted octanol–water partition coefficient (Wildman–Crippen LogP) is 3.02. The molecule has 0 amide bonds. The standard InChI is InChI=1S/C16H26N2/c1-11-6-8-12(9-7-11)13(17)10-18-14-15(2,3)16(14,4)5/h6-9,13-14,18H,10,17H2,1-5H3. The number of benzene rings is 1.